The summed E-state index contributed by atoms with van der Waals surface area (Å²) in [6.07, 6.45) is 3.66. The van der Waals surface area contributed by atoms with Crippen molar-refractivity contribution in [2.24, 2.45) is 0 Å². The number of rotatable bonds is 13. The summed E-state index contributed by atoms with van der Waals surface area (Å²) in [4.78, 5) is 15.1. The molecule has 2 aromatic carbocycles. The highest BCUT2D eigenvalue weighted by molar-refractivity contribution is 7.88. The molecule has 0 bridgehead atoms. The van der Waals surface area contributed by atoms with Crippen LogP contribution in [0, 0.1) is 0 Å². The number of sulfonamides is 1. The van der Waals surface area contributed by atoms with E-state index in [0.717, 1.165) is 18.4 Å². The minimum absolute atomic E-state index is 0.124. The van der Waals surface area contributed by atoms with Crippen LogP contribution in [0.1, 0.15) is 29.7 Å². The van der Waals surface area contributed by atoms with Crippen molar-refractivity contribution in [3.63, 3.8) is 0 Å². The second-order valence-corrected chi connectivity index (χ2v) is 10.8. The van der Waals surface area contributed by atoms with Gasteiger partial charge < -0.3 is 18.8 Å². The Bertz CT molecular complexity index is 1240. The maximum Gasteiger partial charge on any atom is 0.238 e. The molecule has 1 aliphatic carbocycles. The van der Waals surface area contributed by atoms with Gasteiger partial charge in [0.25, 0.3) is 0 Å². The lowest BCUT2D eigenvalue weighted by atomic mass is 10.1. The quantitative estimate of drug-likeness (QED) is 0.346. The summed E-state index contributed by atoms with van der Waals surface area (Å²) in [5.74, 6) is 1.51. The molecule has 0 saturated heterocycles. The normalized spacial score (nSPS) is 13.5. The lowest BCUT2D eigenvalue weighted by Crippen LogP contribution is -2.44. The number of ether oxygens (including phenoxy) is 2. The average Bonchev–Trinajstić information content (AvgIpc) is 3.59. The van der Waals surface area contributed by atoms with Gasteiger partial charge in [0, 0.05) is 12.6 Å². The third-order valence-electron chi connectivity index (χ3n) is 6.19. The molecule has 3 aromatic rings. The monoisotopic (exact) mass is 512 g/mol. The van der Waals surface area contributed by atoms with Gasteiger partial charge in [-0.1, -0.05) is 36.4 Å². The van der Waals surface area contributed by atoms with E-state index in [1.165, 1.54) is 4.31 Å². The average molecular weight is 513 g/mol. The minimum atomic E-state index is -3.65. The van der Waals surface area contributed by atoms with Crippen molar-refractivity contribution in [3.05, 3.63) is 83.8 Å². The van der Waals surface area contributed by atoms with E-state index < -0.39 is 10.0 Å². The Labute approximate surface area is 212 Å². The van der Waals surface area contributed by atoms with E-state index in [4.69, 9.17) is 13.9 Å². The highest BCUT2D eigenvalue weighted by atomic mass is 32.2. The summed E-state index contributed by atoms with van der Waals surface area (Å²) < 4.78 is 44.1. The molecule has 8 nitrogen and oxygen atoms in total. The zero-order valence-corrected chi connectivity index (χ0v) is 21.4. The van der Waals surface area contributed by atoms with E-state index in [2.05, 4.69) is 0 Å². The van der Waals surface area contributed by atoms with E-state index in [0.29, 0.717) is 35.8 Å². The molecule has 0 aliphatic heterocycles. The van der Waals surface area contributed by atoms with Gasteiger partial charge in [-0.2, -0.15) is 4.31 Å². The third-order valence-corrected chi connectivity index (χ3v) is 8.03. The molecule has 1 amide bonds. The molecule has 0 radical (unpaired) electrons. The fourth-order valence-corrected chi connectivity index (χ4v) is 5.85. The number of benzene rings is 2. The van der Waals surface area contributed by atoms with E-state index in [-0.39, 0.29) is 30.8 Å². The molecule has 1 aromatic heterocycles. The topological polar surface area (TPSA) is 89.3 Å². The van der Waals surface area contributed by atoms with Crippen LogP contribution in [0.15, 0.2) is 71.3 Å². The first-order valence-corrected chi connectivity index (χ1v) is 13.5. The maximum absolute atomic E-state index is 13.5. The molecular formula is C27H32N2O6S. The van der Waals surface area contributed by atoms with Crippen molar-refractivity contribution in [1.29, 1.82) is 0 Å². The first-order chi connectivity index (χ1) is 17.4. The third kappa shape index (κ3) is 6.67. The van der Waals surface area contributed by atoms with Gasteiger partial charge in [0.05, 0.1) is 39.3 Å². The van der Waals surface area contributed by atoms with Gasteiger partial charge in [0.1, 0.15) is 5.76 Å². The zero-order chi connectivity index (χ0) is 25.5. The second-order valence-electron chi connectivity index (χ2n) is 8.85. The van der Waals surface area contributed by atoms with Gasteiger partial charge >= 0.3 is 0 Å². The molecule has 0 atom stereocenters. The molecule has 36 heavy (non-hydrogen) atoms. The second kappa shape index (κ2) is 11.6. The van der Waals surface area contributed by atoms with Crippen LogP contribution >= 0.6 is 0 Å². The van der Waals surface area contributed by atoms with Gasteiger partial charge in [-0.3, -0.25) is 4.79 Å². The number of furan rings is 1. The standard InChI is InChI=1S/C27H32N2O6S/c1-33-25-13-10-21(17-26(25)34-2)14-15-28(18-24-9-6-16-35-24)27(30)19-29(23-11-12-23)36(31,32)20-22-7-4-3-5-8-22/h3-10,13,16-17,23H,11-12,14-15,18-20H2,1-2H3. The zero-order valence-electron chi connectivity index (χ0n) is 20.6. The first-order valence-electron chi connectivity index (χ1n) is 11.9. The number of carbonyl (C=O) groups is 1. The smallest absolute Gasteiger partial charge is 0.238 e. The Morgan fingerprint density at radius 3 is 2.36 bits per heavy atom. The van der Waals surface area contributed by atoms with Gasteiger partial charge in [-0.15, -0.1) is 0 Å². The SMILES string of the molecule is COc1ccc(CCN(Cc2ccco2)C(=O)CN(C2CC2)S(=O)(=O)Cc2ccccc2)cc1OC. The Morgan fingerprint density at radius 2 is 1.72 bits per heavy atom. The molecule has 9 heteroatoms. The number of hydrogen-bond donors (Lipinski definition) is 0. The van der Waals surface area contributed by atoms with Crippen LogP contribution in [0.4, 0.5) is 0 Å². The minimum Gasteiger partial charge on any atom is -0.493 e. The molecule has 4 rings (SSSR count). The summed E-state index contributed by atoms with van der Waals surface area (Å²) in [5.41, 5.74) is 1.68. The Hall–Kier alpha value is -3.30. The number of amides is 1. The molecule has 1 fully saturated rings. The largest absolute Gasteiger partial charge is 0.493 e. The maximum atomic E-state index is 13.5. The van der Waals surface area contributed by atoms with E-state index in [1.807, 2.05) is 42.5 Å². The summed E-state index contributed by atoms with van der Waals surface area (Å²) >= 11 is 0. The van der Waals surface area contributed by atoms with Gasteiger partial charge in [-0.05, 0) is 54.7 Å². The molecule has 1 aliphatic rings. The van der Waals surface area contributed by atoms with Crippen molar-refractivity contribution < 1.29 is 27.1 Å². The molecule has 0 spiro atoms. The van der Waals surface area contributed by atoms with Crippen molar-refractivity contribution in [1.82, 2.24) is 9.21 Å². The van der Waals surface area contributed by atoms with Crippen LogP contribution in [0.3, 0.4) is 0 Å². The highest BCUT2D eigenvalue weighted by Crippen LogP contribution is 2.31. The van der Waals surface area contributed by atoms with Crippen LogP contribution in [-0.2, 0) is 33.5 Å². The fourth-order valence-electron chi connectivity index (χ4n) is 4.10. The number of carbonyl (C=O) groups excluding carboxylic acids is 1. The van der Waals surface area contributed by atoms with Gasteiger partial charge in [0.2, 0.25) is 15.9 Å². The van der Waals surface area contributed by atoms with Gasteiger partial charge in [0.15, 0.2) is 11.5 Å². The number of nitrogens with zero attached hydrogens (tertiary/aromatic N) is 2. The van der Waals surface area contributed by atoms with Crippen LogP contribution in [0.5, 0.6) is 11.5 Å². The van der Waals surface area contributed by atoms with Crippen molar-refractivity contribution >= 4 is 15.9 Å². The summed E-state index contributed by atoms with van der Waals surface area (Å²) in [5, 5.41) is 0. The van der Waals surface area contributed by atoms with E-state index >= 15 is 0 Å². The first kappa shape index (κ1) is 25.8. The fraction of sp³-hybridized carbons (Fsp3) is 0.370. The lowest BCUT2D eigenvalue weighted by molar-refractivity contribution is -0.132. The van der Waals surface area contributed by atoms with Crippen LogP contribution in [0.2, 0.25) is 0 Å². The predicted octanol–water partition coefficient (Wildman–Crippen LogP) is 3.86. The number of hydrogen-bond acceptors (Lipinski definition) is 6. The van der Waals surface area contributed by atoms with Crippen LogP contribution in [-0.4, -0.2) is 56.9 Å². The highest BCUT2D eigenvalue weighted by Gasteiger charge is 2.39. The van der Waals surface area contributed by atoms with Crippen molar-refractivity contribution in [3.8, 4) is 11.5 Å². The molecule has 0 unspecified atom stereocenters. The van der Waals surface area contributed by atoms with Crippen molar-refractivity contribution in [2.45, 2.75) is 37.6 Å². The van der Waals surface area contributed by atoms with Crippen LogP contribution in [0.25, 0.3) is 0 Å². The molecule has 1 heterocycles. The Morgan fingerprint density at radius 1 is 0.972 bits per heavy atom. The summed E-state index contributed by atoms with van der Waals surface area (Å²) in [6, 6.07) is 18.2. The number of methoxy groups -OCH3 is 2. The summed E-state index contributed by atoms with van der Waals surface area (Å²) in [7, 11) is -0.492. The molecule has 192 valence electrons. The molecular weight excluding hydrogens is 480 g/mol. The van der Waals surface area contributed by atoms with Crippen LogP contribution < -0.4 is 9.47 Å². The Kier molecular flexibility index (Phi) is 8.32. The molecule has 0 N–H and O–H groups in total. The summed E-state index contributed by atoms with van der Waals surface area (Å²) in [6.45, 7) is 0.467. The van der Waals surface area contributed by atoms with E-state index in [9.17, 15) is 13.2 Å². The molecule has 1 saturated carbocycles. The van der Waals surface area contributed by atoms with Gasteiger partial charge in [-0.25, -0.2) is 8.42 Å². The van der Waals surface area contributed by atoms with Crippen molar-refractivity contribution in [2.75, 3.05) is 27.3 Å². The van der Waals surface area contributed by atoms with E-state index in [1.54, 1.807) is 43.6 Å². The Balaban J connectivity index is 1.49. The predicted molar refractivity (Wildman–Crippen MR) is 136 cm³/mol. The lowest BCUT2D eigenvalue weighted by Gasteiger charge is -2.27.